The number of benzene rings is 3. The summed E-state index contributed by atoms with van der Waals surface area (Å²) in [5.41, 5.74) is 2.50. The van der Waals surface area contributed by atoms with Gasteiger partial charge in [0.15, 0.2) is 0 Å². The number of aryl methyl sites for hydroxylation is 1. The maximum absolute atomic E-state index is 14.2. The molecule has 1 aliphatic heterocycles. The number of aromatic nitrogens is 2. The van der Waals surface area contributed by atoms with E-state index in [1.165, 1.54) is 12.1 Å². The first kappa shape index (κ1) is 24.2. The average molecular weight is 486 g/mol. The van der Waals surface area contributed by atoms with Crippen LogP contribution in [-0.2, 0) is 6.54 Å². The topological polar surface area (TPSA) is 47.4 Å². The summed E-state index contributed by atoms with van der Waals surface area (Å²) in [7, 11) is 0. The number of halogens is 1. The van der Waals surface area contributed by atoms with Gasteiger partial charge in [-0.15, -0.1) is 0 Å². The second-order valence-electron chi connectivity index (χ2n) is 9.97. The first-order valence-corrected chi connectivity index (χ1v) is 12.7. The maximum atomic E-state index is 14.2. The van der Waals surface area contributed by atoms with Crippen LogP contribution in [0.1, 0.15) is 32.3 Å². The van der Waals surface area contributed by atoms with Crippen molar-refractivity contribution >= 4 is 10.9 Å². The van der Waals surface area contributed by atoms with Gasteiger partial charge in [0.1, 0.15) is 28.5 Å². The minimum Gasteiger partial charge on any atom is -0.456 e. The summed E-state index contributed by atoms with van der Waals surface area (Å²) in [5.74, 6) is 1.60. The van der Waals surface area contributed by atoms with Gasteiger partial charge >= 0.3 is 0 Å². The van der Waals surface area contributed by atoms with Gasteiger partial charge in [-0.3, -0.25) is 9.36 Å². The zero-order valence-electron chi connectivity index (χ0n) is 21.1. The van der Waals surface area contributed by atoms with Crippen LogP contribution in [0.2, 0.25) is 0 Å². The smallest absolute Gasteiger partial charge is 0.265 e. The highest BCUT2D eigenvalue weighted by Gasteiger charge is 2.25. The summed E-state index contributed by atoms with van der Waals surface area (Å²) in [6.45, 7) is 9.15. The molecule has 1 saturated heterocycles. The van der Waals surface area contributed by atoms with Crippen LogP contribution in [-0.4, -0.2) is 33.6 Å². The molecule has 186 valence electrons. The molecule has 0 radical (unpaired) electrons. The summed E-state index contributed by atoms with van der Waals surface area (Å²) in [6, 6.07) is 19.8. The van der Waals surface area contributed by atoms with Crippen LogP contribution in [0.25, 0.3) is 22.3 Å². The Labute approximate surface area is 211 Å². The molecule has 3 aromatic carbocycles. The Morgan fingerprint density at radius 2 is 1.83 bits per heavy atom. The molecule has 0 aliphatic carbocycles. The van der Waals surface area contributed by atoms with Crippen molar-refractivity contribution in [3.05, 3.63) is 88.5 Å². The number of likely N-dealkylation sites (tertiary alicyclic amines) is 1. The van der Waals surface area contributed by atoms with E-state index >= 15 is 0 Å². The fraction of sp³-hybridized carbons (Fsp3) is 0.333. The third kappa shape index (κ3) is 4.91. The van der Waals surface area contributed by atoms with Crippen LogP contribution >= 0.6 is 0 Å². The molecule has 0 amide bonds. The monoisotopic (exact) mass is 485 g/mol. The third-order valence-electron chi connectivity index (χ3n) is 7.09. The number of ether oxygens (including phenoxy) is 1. The lowest BCUT2D eigenvalue weighted by atomic mass is 9.96. The van der Waals surface area contributed by atoms with Gasteiger partial charge in [-0.25, -0.2) is 9.37 Å². The fourth-order valence-corrected chi connectivity index (χ4v) is 5.12. The number of hydrogen-bond acceptors (Lipinski definition) is 4. The Kier molecular flexibility index (Phi) is 6.88. The summed E-state index contributed by atoms with van der Waals surface area (Å²) in [6.07, 6.45) is 2.20. The van der Waals surface area contributed by atoms with Crippen LogP contribution in [0.4, 0.5) is 4.39 Å². The second kappa shape index (κ2) is 10.2. The Morgan fingerprint density at radius 1 is 1.06 bits per heavy atom. The van der Waals surface area contributed by atoms with Crippen molar-refractivity contribution in [1.82, 2.24) is 14.5 Å². The number of piperidine rings is 1. The van der Waals surface area contributed by atoms with E-state index in [-0.39, 0.29) is 11.4 Å². The molecule has 0 spiro atoms. The van der Waals surface area contributed by atoms with Gasteiger partial charge < -0.3 is 9.64 Å². The first-order chi connectivity index (χ1) is 17.4. The molecule has 36 heavy (non-hydrogen) atoms. The highest BCUT2D eigenvalue weighted by Crippen LogP contribution is 2.31. The minimum atomic E-state index is -0.338. The SMILES string of the molecule is Cc1ccccc1-c1nc2cccc(Oc3ccc(F)cc3)c2c(=O)n1C[C@H]1CCCN(C(C)C)C1. The summed E-state index contributed by atoms with van der Waals surface area (Å²) in [4.78, 5) is 21.7. The maximum Gasteiger partial charge on any atom is 0.265 e. The van der Waals surface area contributed by atoms with E-state index in [0.29, 0.717) is 46.7 Å². The molecule has 1 aliphatic rings. The van der Waals surface area contributed by atoms with Crippen LogP contribution in [0.5, 0.6) is 11.5 Å². The predicted octanol–water partition coefficient (Wildman–Crippen LogP) is 6.42. The minimum absolute atomic E-state index is 0.113. The van der Waals surface area contributed by atoms with E-state index in [2.05, 4.69) is 18.7 Å². The normalized spacial score (nSPS) is 16.5. The molecule has 2 heterocycles. The van der Waals surface area contributed by atoms with Crippen molar-refractivity contribution in [2.75, 3.05) is 13.1 Å². The Balaban J connectivity index is 1.64. The van der Waals surface area contributed by atoms with Crippen LogP contribution < -0.4 is 10.3 Å². The largest absolute Gasteiger partial charge is 0.456 e. The van der Waals surface area contributed by atoms with Crippen molar-refractivity contribution in [3.8, 4) is 22.9 Å². The number of nitrogens with zero attached hydrogens (tertiary/aromatic N) is 3. The Hall–Kier alpha value is -3.51. The molecule has 5 rings (SSSR count). The highest BCUT2D eigenvalue weighted by atomic mass is 19.1. The van der Waals surface area contributed by atoms with Crippen molar-refractivity contribution in [3.63, 3.8) is 0 Å². The van der Waals surface area contributed by atoms with Crippen LogP contribution in [0, 0.1) is 18.7 Å². The van der Waals surface area contributed by atoms with Gasteiger partial charge in [-0.05, 0) is 88.0 Å². The number of rotatable bonds is 6. The van der Waals surface area contributed by atoms with Crippen molar-refractivity contribution in [2.45, 2.75) is 46.2 Å². The van der Waals surface area contributed by atoms with Crippen molar-refractivity contribution in [2.24, 2.45) is 5.92 Å². The Bertz CT molecular complexity index is 1430. The van der Waals surface area contributed by atoms with Crippen molar-refractivity contribution < 1.29 is 9.13 Å². The van der Waals surface area contributed by atoms with Crippen LogP contribution in [0.3, 0.4) is 0 Å². The van der Waals surface area contributed by atoms with Crippen LogP contribution in [0.15, 0.2) is 71.5 Å². The van der Waals surface area contributed by atoms with E-state index in [4.69, 9.17) is 9.72 Å². The first-order valence-electron chi connectivity index (χ1n) is 12.7. The lowest BCUT2D eigenvalue weighted by Gasteiger charge is -2.36. The Morgan fingerprint density at radius 3 is 2.58 bits per heavy atom. The predicted molar refractivity (Wildman–Crippen MR) is 142 cm³/mol. The number of fused-ring (bicyclic) bond motifs is 1. The molecule has 1 fully saturated rings. The molecule has 0 unspecified atom stereocenters. The highest BCUT2D eigenvalue weighted by molar-refractivity contribution is 5.86. The summed E-state index contributed by atoms with van der Waals surface area (Å²) in [5, 5.41) is 0.440. The lowest BCUT2D eigenvalue weighted by Crippen LogP contribution is -2.42. The van der Waals surface area contributed by atoms with E-state index in [1.807, 2.05) is 47.9 Å². The molecule has 5 nitrogen and oxygen atoms in total. The van der Waals surface area contributed by atoms with Gasteiger partial charge in [-0.2, -0.15) is 0 Å². The lowest BCUT2D eigenvalue weighted by molar-refractivity contribution is 0.130. The van der Waals surface area contributed by atoms with Gasteiger partial charge in [0.2, 0.25) is 0 Å². The summed E-state index contributed by atoms with van der Waals surface area (Å²) >= 11 is 0. The molecule has 0 bridgehead atoms. The van der Waals surface area contributed by atoms with E-state index in [0.717, 1.165) is 37.1 Å². The average Bonchev–Trinajstić information content (AvgIpc) is 2.87. The van der Waals surface area contributed by atoms with Gasteiger partial charge in [-0.1, -0.05) is 30.3 Å². The standard InChI is InChI=1S/C30H32FN3O2/c1-20(2)33-17-7-9-22(18-33)19-34-29(25-10-5-4-8-21(25)3)32-26-11-6-12-27(28(26)30(34)35)36-24-15-13-23(31)14-16-24/h4-6,8,10-16,20,22H,7,9,17-19H2,1-3H3/t22-/m0/s1. The van der Waals surface area contributed by atoms with E-state index in [1.54, 1.807) is 18.2 Å². The van der Waals surface area contributed by atoms with Gasteiger partial charge in [0.25, 0.3) is 5.56 Å². The van der Waals surface area contributed by atoms with E-state index in [9.17, 15) is 9.18 Å². The van der Waals surface area contributed by atoms with Gasteiger partial charge in [0.05, 0.1) is 5.52 Å². The molecule has 6 heteroatoms. The quantitative estimate of drug-likeness (QED) is 0.316. The fourth-order valence-electron chi connectivity index (χ4n) is 5.12. The molecular weight excluding hydrogens is 453 g/mol. The molecule has 1 atom stereocenters. The second-order valence-corrected chi connectivity index (χ2v) is 9.97. The molecule has 1 aromatic heterocycles. The van der Waals surface area contributed by atoms with E-state index < -0.39 is 0 Å². The molecule has 0 N–H and O–H groups in total. The molecular formula is C30H32FN3O2. The molecule has 4 aromatic rings. The number of hydrogen-bond donors (Lipinski definition) is 0. The zero-order chi connectivity index (χ0) is 25.2. The van der Waals surface area contributed by atoms with Crippen molar-refractivity contribution in [1.29, 1.82) is 0 Å². The van der Waals surface area contributed by atoms with Gasteiger partial charge in [0, 0.05) is 24.7 Å². The third-order valence-corrected chi connectivity index (χ3v) is 7.09. The zero-order valence-corrected chi connectivity index (χ0v) is 21.1. The summed E-state index contributed by atoms with van der Waals surface area (Å²) < 4.78 is 21.3. The molecule has 0 saturated carbocycles.